The molecule has 0 aromatic heterocycles. The molecule has 1 saturated heterocycles. The summed E-state index contributed by atoms with van der Waals surface area (Å²) in [6.07, 6.45) is -1.23. The number of amides is 3. The minimum Gasteiger partial charge on any atom is -0.351 e. The number of nitrogens with one attached hydrogen (secondary N) is 1. The highest BCUT2D eigenvalue weighted by atomic mass is 19.2. The highest BCUT2D eigenvalue weighted by Crippen LogP contribution is 2.22. The normalized spacial score (nSPS) is 15.9. The van der Waals surface area contributed by atoms with Gasteiger partial charge in [-0.25, -0.2) is 8.78 Å². The zero-order chi connectivity index (χ0) is 21.8. The molecule has 1 unspecified atom stereocenters. The Bertz CT molecular complexity index is 965. The lowest BCUT2D eigenvalue weighted by Gasteiger charge is -2.29. The molecular weight excluding hydrogens is 394 g/mol. The van der Waals surface area contributed by atoms with Gasteiger partial charge in [0.2, 0.25) is 0 Å². The van der Waals surface area contributed by atoms with E-state index in [-0.39, 0.29) is 31.7 Å². The van der Waals surface area contributed by atoms with Crippen molar-refractivity contribution in [3.05, 3.63) is 70.8 Å². The number of benzene rings is 2. The van der Waals surface area contributed by atoms with E-state index >= 15 is 0 Å². The van der Waals surface area contributed by atoms with Crippen molar-refractivity contribution in [3.8, 4) is 0 Å². The highest BCUT2D eigenvalue weighted by Gasteiger charge is 2.43. The minimum absolute atomic E-state index is 0.0656. The van der Waals surface area contributed by atoms with E-state index in [1.165, 1.54) is 9.80 Å². The zero-order valence-corrected chi connectivity index (χ0v) is 16.4. The Morgan fingerprint density at radius 3 is 2.10 bits per heavy atom. The topological polar surface area (TPSA) is 95.7 Å². The Morgan fingerprint density at radius 2 is 1.53 bits per heavy atom. The van der Waals surface area contributed by atoms with Gasteiger partial charge in [0.15, 0.2) is 17.8 Å². The van der Waals surface area contributed by atoms with Crippen molar-refractivity contribution in [1.29, 1.82) is 0 Å². The van der Waals surface area contributed by atoms with Gasteiger partial charge in [-0.3, -0.25) is 14.4 Å². The summed E-state index contributed by atoms with van der Waals surface area (Å²) in [4.78, 5) is 41.2. The van der Waals surface area contributed by atoms with Crippen LogP contribution in [0.15, 0.2) is 42.5 Å². The first-order chi connectivity index (χ1) is 14.3. The fraction of sp³-hybridized carbons (Fsp3) is 0.286. The molecule has 0 radical (unpaired) electrons. The summed E-state index contributed by atoms with van der Waals surface area (Å²) in [6, 6.07) is 9.60. The van der Waals surface area contributed by atoms with Crippen LogP contribution < -0.4 is 11.1 Å². The van der Waals surface area contributed by atoms with E-state index in [4.69, 9.17) is 5.73 Å². The molecule has 2 aromatic carbocycles. The fourth-order valence-corrected chi connectivity index (χ4v) is 3.28. The summed E-state index contributed by atoms with van der Waals surface area (Å²) in [6.45, 7) is 2.41. The van der Waals surface area contributed by atoms with Gasteiger partial charge in [-0.15, -0.1) is 0 Å². The van der Waals surface area contributed by atoms with Gasteiger partial charge in [-0.05, 0) is 37.3 Å². The molecule has 1 aliphatic heterocycles. The number of rotatable bonds is 5. The van der Waals surface area contributed by atoms with Crippen LogP contribution >= 0.6 is 0 Å². The average Bonchev–Trinajstić information content (AvgIpc) is 3.18. The third-order valence-corrected chi connectivity index (χ3v) is 4.84. The van der Waals surface area contributed by atoms with Crippen LogP contribution in [0.4, 0.5) is 8.78 Å². The molecule has 1 heterocycles. The van der Waals surface area contributed by atoms with E-state index in [1.807, 2.05) is 6.92 Å². The van der Waals surface area contributed by atoms with Gasteiger partial charge in [-0.1, -0.05) is 17.7 Å². The SMILES string of the molecule is Cc1ccc(C(=O)N2CCN(C(=O)c3ccc(F)c(F)c3)C2C(=O)NCCN)cc1. The predicted molar refractivity (Wildman–Crippen MR) is 105 cm³/mol. The van der Waals surface area contributed by atoms with E-state index in [1.54, 1.807) is 24.3 Å². The largest absolute Gasteiger partial charge is 0.351 e. The monoisotopic (exact) mass is 416 g/mol. The van der Waals surface area contributed by atoms with Crippen LogP contribution in [0, 0.1) is 18.6 Å². The van der Waals surface area contributed by atoms with Gasteiger partial charge in [0.25, 0.3) is 17.7 Å². The Labute approximate surface area is 172 Å². The van der Waals surface area contributed by atoms with Crippen LogP contribution in [0.2, 0.25) is 0 Å². The summed E-state index contributed by atoms with van der Waals surface area (Å²) in [7, 11) is 0. The van der Waals surface area contributed by atoms with Crippen LogP contribution in [0.25, 0.3) is 0 Å². The molecule has 0 bridgehead atoms. The summed E-state index contributed by atoms with van der Waals surface area (Å²) < 4.78 is 26.8. The standard InChI is InChI=1S/C21H22F2N4O3/c1-13-2-4-14(5-3-13)20(29)26-10-11-27(19(26)18(28)25-9-8-24)21(30)15-6-7-16(22)17(23)12-15/h2-7,12,19H,8-11,24H2,1H3,(H,25,28). The van der Waals surface area contributed by atoms with Crippen molar-refractivity contribution in [2.24, 2.45) is 5.73 Å². The lowest BCUT2D eigenvalue weighted by atomic mass is 10.1. The second-order valence-electron chi connectivity index (χ2n) is 6.95. The molecule has 30 heavy (non-hydrogen) atoms. The number of halogens is 2. The van der Waals surface area contributed by atoms with E-state index < -0.39 is 35.5 Å². The molecule has 9 heteroatoms. The van der Waals surface area contributed by atoms with Crippen molar-refractivity contribution in [3.63, 3.8) is 0 Å². The molecule has 2 aromatic rings. The third kappa shape index (κ3) is 4.30. The van der Waals surface area contributed by atoms with Crippen LogP contribution in [0.5, 0.6) is 0 Å². The fourth-order valence-electron chi connectivity index (χ4n) is 3.28. The average molecular weight is 416 g/mol. The maximum absolute atomic E-state index is 13.6. The van der Waals surface area contributed by atoms with E-state index in [9.17, 15) is 23.2 Å². The Balaban J connectivity index is 1.91. The number of carbonyl (C=O) groups excluding carboxylic acids is 3. The number of aryl methyl sites for hydroxylation is 1. The number of carbonyl (C=O) groups is 3. The molecule has 158 valence electrons. The molecule has 0 saturated carbocycles. The first kappa shape index (κ1) is 21.4. The lowest BCUT2D eigenvalue weighted by Crippen LogP contribution is -2.54. The van der Waals surface area contributed by atoms with Crippen LogP contribution in [0.3, 0.4) is 0 Å². The molecule has 1 aliphatic rings. The van der Waals surface area contributed by atoms with Crippen molar-refractivity contribution in [1.82, 2.24) is 15.1 Å². The molecule has 1 fully saturated rings. The summed E-state index contributed by atoms with van der Waals surface area (Å²) in [5.74, 6) is -3.92. The van der Waals surface area contributed by atoms with Gasteiger partial charge in [0.05, 0.1) is 0 Å². The van der Waals surface area contributed by atoms with Crippen molar-refractivity contribution in [2.45, 2.75) is 13.1 Å². The Morgan fingerprint density at radius 1 is 0.967 bits per heavy atom. The van der Waals surface area contributed by atoms with E-state index in [0.29, 0.717) is 5.56 Å². The summed E-state index contributed by atoms with van der Waals surface area (Å²) in [5, 5.41) is 2.59. The molecule has 3 amide bonds. The first-order valence-corrected chi connectivity index (χ1v) is 9.45. The molecular formula is C21H22F2N4O3. The highest BCUT2D eigenvalue weighted by molar-refractivity contribution is 6.02. The van der Waals surface area contributed by atoms with Gasteiger partial charge in [0.1, 0.15) is 0 Å². The number of nitrogens with two attached hydrogens (primary N) is 1. The quantitative estimate of drug-likeness (QED) is 0.768. The van der Waals surface area contributed by atoms with Crippen molar-refractivity contribution >= 4 is 17.7 Å². The maximum Gasteiger partial charge on any atom is 0.263 e. The summed E-state index contributed by atoms with van der Waals surface area (Å²) >= 11 is 0. The maximum atomic E-state index is 13.6. The van der Waals surface area contributed by atoms with Gasteiger partial charge >= 0.3 is 0 Å². The van der Waals surface area contributed by atoms with Crippen LogP contribution in [-0.4, -0.2) is 59.9 Å². The smallest absolute Gasteiger partial charge is 0.263 e. The Kier molecular flexibility index (Phi) is 6.41. The zero-order valence-electron chi connectivity index (χ0n) is 16.4. The van der Waals surface area contributed by atoms with E-state index in [0.717, 1.165) is 23.8 Å². The second kappa shape index (κ2) is 9.00. The predicted octanol–water partition coefficient (Wildman–Crippen LogP) is 1.27. The van der Waals surface area contributed by atoms with Gasteiger partial charge < -0.3 is 20.9 Å². The third-order valence-electron chi connectivity index (χ3n) is 4.84. The van der Waals surface area contributed by atoms with Gasteiger partial charge in [0, 0.05) is 37.3 Å². The van der Waals surface area contributed by atoms with Crippen molar-refractivity contribution in [2.75, 3.05) is 26.2 Å². The number of nitrogens with zero attached hydrogens (tertiary/aromatic N) is 2. The molecule has 0 aliphatic carbocycles. The summed E-state index contributed by atoms with van der Waals surface area (Å²) in [5.41, 5.74) is 6.67. The molecule has 1 atom stereocenters. The van der Waals surface area contributed by atoms with Crippen LogP contribution in [-0.2, 0) is 4.79 Å². The van der Waals surface area contributed by atoms with Gasteiger partial charge in [-0.2, -0.15) is 0 Å². The van der Waals surface area contributed by atoms with E-state index in [2.05, 4.69) is 5.32 Å². The second-order valence-corrected chi connectivity index (χ2v) is 6.95. The molecule has 0 spiro atoms. The lowest BCUT2D eigenvalue weighted by molar-refractivity contribution is -0.128. The minimum atomic E-state index is -1.23. The molecule has 3 N–H and O–H groups in total. The van der Waals surface area contributed by atoms with Crippen LogP contribution in [0.1, 0.15) is 26.3 Å². The Hall–Kier alpha value is -3.33. The molecule has 7 nitrogen and oxygen atoms in total. The first-order valence-electron chi connectivity index (χ1n) is 9.45. The molecule has 3 rings (SSSR count). The number of hydrogen-bond donors (Lipinski definition) is 2. The van der Waals surface area contributed by atoms with Crippen molar-refractivity contribution < 1.29 is 23.2 Å². The number of hydrogen-bond acceptors (Lipinski definition) is 4.